The van der Waals surface area contributed by atoms with Gasteiger partial charge < -0.3 is 116 Å². The van der Waals surface area contributed by atoms with Crippen LogP contribution >= 0.6 is 0 Å². The van der Waals surface area contributed by atoms with Crippen molar-refractivity contribution < 1.29 is 102 Å². The molecule has 0 amide bonds. The van der Waals surface area contributed by atoms with E-state index in [2.05, 4.69) is 44.9 Å². The zero-order chi connectivity index (χ0) is 68.7. The highest BCUT2D eigenvalue weighted by Gasteiger charge is 2.49. The molecule has 0 bridgehead atoms. The number of imidazole rings is 2. The van der Waals surface area contributed by atoms with Gasteiger partial charge in [0.2, 0.25) is 5.95 Å². The molecule has 2 saturated carbocycles. The maximum Gasteiger partial charge on any atom is 1.00 e. The summed E-state index contributed by atoms with van der Waals surface area (Å²) in [6.45, 7) is 2.74. The van der Waals surface area contributed by atoms with E-state index < -0.39 is 157 Å². The maximum atomic E-state index is 12.7. The number of nitrogens with zero attached hydrogens (tertiary/aromatic N) is 12. The molecule has 7 aromatic rings. The zero-order valence-electron chi connectivity index (χ0n) is 53.4. The first-order valence-corrected chi connectivity index (χ1v) is 28.7. The van der Waals surface area contributed by atoms with Crippen LogP contribution in [0.1, 0.15) is 63.7 Å². The Balaban J connectivity index is 0.000000243. The minimum atomic E-state index is -1.44. The predicted molar refractivity (Wildman–Crippen MR) is 322 cm³/mol. The van der Waals surface area contributed by atoms with Gasteiger partial charge in [0.15, 0.2) is 53.6 Å². The van der Waals surface area contributed by atoms with Crippen LogP contribution in [0, 0.1) is 18.8 Å². The molecule has 20 unspecified atom stereocenters. The third-order valence-corrected chi connectivity index (χ3v) is 16.4. The van der Waals surface area contributed by atoms with Crippen LogP contribution in [0.2, 0.25) is 0 Å². The monoisotopic (exact) mass is 1350 g/mol. The molecular formula is C54H78N16O25+2. The van der Waals surface area contributed by atoms with E-state index in [1.807, 2.05) is 6.79 Å². The summed E-state index contributed by atoms with van der Waals surface area (Å²) in [7, 11) is 5.70. The van der Waals surface area contributed by atoms with Crippen molar-refractivity contribution in [2.75, 3.05) is 59.7 Å². The Morgan fingerprint density at radius 3 is 1.44 bits per heavy atom. The van der Waals surface area contributed by atoms with E-state index in [1.54, 1.807) is 19.2 Å². The molecular weight excluding hydrogens is 1270 g/mol. The number of nitrogens with two attached hydrogens (primary N) is 2. The number of aromatic amines is 2. The number of H-pyrrole nitrogens is 2. The molecule has 0 spiro atoms. The van der Waals surface area contributed by atoms with Crippen molar-refractivity contribution in [2.24, 2.45) is 11.8 Å². The van der Waals surface area contributed by atoms with E-state index in [0.29, 0.717) is 18.5 Å². The second-order valence-electron chi connectivity index (χ2n) is 22.0. The quantitative estimate of drug-likeness (QED) is 0.0481. The predicted octanol–water partition coefficient (Wildman–Crippen LogP) is -8.52. The minimum absolute atomic E-state index is 0. The van der Waals surface area contributed by atoms with E-state index in [-0.39, 0.29) is 73.6 Å². The molecule has 5 aliphatic rings. The lowest BCUT2D eigenvalue weighted by Gasteiger charge is -2.18. The molecule has 10 heterocycles. The first-order chi connectivity index (χ1) is 44.9. The van der Waals surface area contributed by atoms with Crippen molar-refractivity contribution in [1.82, 2.24) is 67.7 Å². The van der Waals surface area contributed by atoms with E-state index in [9.17, 15) is 69.9 Å². The van der Waals surface area contributed by atoms with Crippen LogP contribution in [-0.4, -0.2) is 264 Å². The number of hydrogen-bond acceptors (Lipinski definition) is 33. The molecule has 0 aromatic carbocycles. The number of carbonyl (C=O) groups excluding carboxylic acids is 1. The fraction of sp³-hybridized carbons (Fsp3) is 0.574. The normalized spacial score (nSPS) is 30.7. The zero-order valence-corrected chi connectivity index (χ0v) is 51.4. The molecule has 522 valence electrons. The summed E-state index contributed by atoms with van der Waals surface area (Å²) in [6.07, 6.45) is -8.64. The number of fused-ring (bicyclic) bond motifs is 2. The Morgan fingerprint density at radius 2 is 1.01 bits per heavy atom. The number of hydrogen-bond donors (Lipinski definition) is 15. The maximum absolute atomic E-state index is 12.7. The summed E-state index contributed by atoms with van der Waals surface area (Å²) < 4.78 is 43.8. The number of aromatic nitrogens is 14. The molecule has 2 aliphatic carbocycles. The highest BCUT2D eigenvalue weighted by molar-refractivity contribution is 5.71. The highest BCUT2D eigenvalue weighted by atomic mass is 16.7. The lowest BCUT2D eigenvalue weighted by molar-refractivity contribution is -0.165. The Labute approximate surface area is 536 Å². The molecule has 5 fully saturated rings. The second kappa shape index (κ2) is 32.1. The van der Waals surface area contributed by atoms with Gasteiger partial charge in [-0.15, -0.1) is 0 Å². The standard InChI is InChI=1S/C21H26N6O10.C11H15N5O5.C11H16N2O4.C10H15N3O4.CH2O.H2O/c1-34-15-14(31)19(37-20(15)35-2)27-7-22-11-16(27)24-10(25-17(11)32)5-8-3-4-26(21(33)23-8)18-13(30)12(29)9(6-28)36-18;1-19-6-5(17)9(21-10(6)20-2)16-3-13-4-7(16)14-11(12)15-8(4)18;1-6-2-3-13(11(17)12-6)8-4-7(5-14)9(15)10(8)16;11-7-1-2-13(10(17)12-7)6-3-5(4-14)8(15)9(6)16;1-2;/h3-4,7,9,12-15,18-20,28-31H,5-6H2,1-2H3,(H,24,25,32);3,5-6,9-10,17H,1-2H3,(H3,12,14,15,18);2-3,7-10,14-16H,4-5H2,1H3;1-2,5-6,8-9,14-16H,3-4H2,(H2,11,12,17);1H2;1H2/p+2. The Bertz CT molecular complexity index is 3930. The molecule has 0 radical (unpaired) electrons. The van der Waals surface area contributed by atoms with Crippen LogP contribution in [0.3, 0.4) is 0 Å². The van der Waals surface area contributed by atoms with Crippen molar-refractivity contribution in [2.45, 2.75) is 137 Å². The summed E-state index contributed by atoms with van der Waals surface area (Å²) in [6, 6.07) is 3.48. The fourth-order valence-electron chi connectivity index (χ4n) is 11.5. The number of carbonyl (C=O) groups is 1. The van der Waals surface area contributed by atoms with Crippen LogP contribution in [0.25, 0.3) is 22.3 Å². The number of ether oxygens (including phenoxy) is 7. The molecule has 20 atom stereocenters. The molecule has 41 nitrogen and oxygen atoms in total. The first kappa shape index (κ1) is 74.2. The summed E-state index contributed by atoms with van der Waals surface area (Å²) in [5, 5.41) is 107. The van der Waals surface area contributed by atoms with Crippen LogP contribution in [0.15, 0.2) is 73.4 Å². The SMILES string of the molecule is C=O.COC1OC(n2cnc3c(=O)[nH]c(Cc4ccn(C5OC(CO)C(O)C5O)c(=O)n4)nc32)C(O)C1OC.COC1OC(n2cnc3c(=O)[nH]c(N)nc32)C(O)C1OC.Cc1ccn(C2CC(CO)C(O)C2O)c(=O)n1.Nc1ccn(C2CC(CO)C(O)C2O)c(=O)n1.O.[H+].[H+]. The van der Waals surface area contributed by atoms with E-state index in [4.69, 9.17) is 59.6 Å². The van der Waals surface area contributed by atoms with Gasteiger partial charge >= 0.3 is 19.9 Å². The summed E-state index contributed by atoms with van der Waals surface area (Å²) in [4.78, 5) is 101. The number of anilines is 2. The third-order valence-electron chi connectivity index (χ3n) is 16.4. The van der Waals surface area contributed by atoms with Crippen molar-refractivity contribution in [3.05, 3.63) is 119 Å². The molecule has 95 heavy (non-hydrogen) atoms. The number of aliphatic hydroxyl groups excluding tert-OH is 11. The van der Waals surface area contributed by atoms with Gasteiger partial charge in [-0.3, -0.25) is 37.4 Å². The van der Waals surface area contributed by atoms with Gasteiger partial charge in [0, 0.05) is 84.2 Å². The number of nitrogen functional groups attached to an aromatic ring is 2. The Hall–Kier alpha value is -8.15. The van der Waals surface area contributed by atoms with Gasteiger partial charge in [-0.2, -0.15) is 19.9 Å². The molecule has 19 N–H and O–H groups in total. The second-order valence-corrected chi connectivity index (χ2v) is 22.0. The topological polar surface area (TPSA) is 620 Å². The van der Waals surface area contributed by atoms with Gasteiger partial charge in [-0.1, -0.05) is 0 Å². The molecule has 41 heteroatoms. The van der Waals surface area contributed by atoms with Gasteiger partial charge in [0.25, 0.3) is 11.1 Å². The van der Waals surface area contributed by atoms with E-state index >= 15 is 0 Å². The first-order valence-electron chi connectivity index (χ1n) is 28.7. The summed E-state index contributed by atoms with van der Waals surface area (Å²) in [5.41, 5.74) is 9.43. The van der Waals surface area contributed by atoms with Gasteiger partial charge in [0.1, 0.15) is 73.4 Å². The van der Waals surface area contributed by atoms with Crippen molar-refractivity contribution in [3.8, 4) is 0 Å². The van der Waals surface area contributed by atoms with Gasteiger partial charge in [0.05, 0.1) is 49.2 Å². The Kier molecular flexibility index (Phi) is 25.1. The fourth-order valence-corrected chi connectivity index (χ4v) is 11.5. The number of rotatable bonds is 14. The average Bonchev–Trinajstić information content (AvgIpc) is 1.64. The van der Waals surface area contributed by atoms with Crippen molar-refractivity contribution >= 4 is 40.9 Å². The average molecular weight is 1350 g/mol. The van der Waals surface area contributed by atoms with Crippen LogP contribution < -0.4 is 39.7 Å². The van der Waals surface area contributed by atoms with Crippen LogP contribution in [0.5, 0.6) is 0 Å². The smallest absolute Gasteiger partial charge is 0.412 e. The number of methoxy groups -OCH3 is 4. The lowest BCUT2D eigenvalue weighted by Crippen LogP contribution is -2.36. The van der Waals surface area contributed by atoms with E-state index in [1.165, 1.54) is 83.9 Å². The van der Waals surface area contributed by atoms with Gasteiger partial charge in [-0.05, 0) is 38.0 Å². The number of aliphatic hydroxyl groups is 11. The van der Waals surface area contributed by atoms with Crippen molar-refractivity contribution in [3.63, 3.8) is 0 Å². The lowest BCUT2D eigenvalue weighted by atomic mass is 10.1. The molecule has 7 aromatic heterocycles. The Morgan fingerprint density at radius 1 is 0.547 bits per heavy atom. The molecule has 12 rings (SSSR count). The highest BCUT2D eigenvalue weighted by Crippen LogP contribution is 2.37. The van der Waals surface area contributed by atoms with Crippen LogP contribution in [-0.2, 0) is 44.4 Å². The number of nitrogens with one attached hydrogen (secondary N) is 2. The summed E-state index contributed by atoms with van der Waals surface area (Å²) >= 11 is 0. The van der Waals surface area contributed by atoms with E-state index in [0.717, 1.165) is 4.57 Å². The third kappa shape index (κ3) is 15.3. The summed E-state index contributed by atoms with van der Waals surface area (Å²) in [5.74, 6) is -0.607. The van der Waals surface area contributed by atoms with Crippen molar-refractivity contribution in [1.29, 1.82) is 0 Å². The largest absolute Gasteiger partial charge is 1.00 e. The van der Waals surface area contributed by atoms with Gasteiger partial charge in [-0.25, -0.2) is 29.3 Å². The number of aryl methyl sites for hydroxylation is 1. The minimum Gasteiger partial charge on any atom is -0.412 e. The molecule has 3 saturated heterocycles. The van der Waals surface area contributed by atoms with Crippen LogP contribution in [0.4, 0.5) is 11.8 Å². The molecule has 3 aliphatic heterocycles.